The first-order valence-corrected chi connectivity index (χ1v) is 4.76. The number of hydrogen-bond donors (Lipinski definition) is 1. The number of pyridine rings is 1. The molecule has 0 spiro atoms. The fourth-order valence-corrected chi connectivity index (χ4v) is 1.28. The van der Waals surface area contributed by atoms with Crippen LogP contribution in [0.2, 0.25) is 0 Å². The Morgan fingerprint density at radius 1 is 1.47 bits per heavy atom. The van der Waals surface area contributed by atoms with Crippen molar-refractivity contribution in [3.63, 3.8) is 0 Å². The molecule has 15 heavy (non-hydrogen) atoms. The van der Waals surface area contributed by atoms with Crippen LogP contribution in [0.1, 0.15) is 11.3 Å². The summed E-state index contributed by atoms with van der Waals surface area (Å²) < 4.78 is 1.74. The van der Waals surface area contributed by atoms with Crippen LogP contribution in [0.3, 0.4) is 0 Å². The van der Waals surface area contributed by atoms with Crippen LogP contribution in [-0.4, -0.2) is 20.0 Å². The number of rotatable bonds is 3. The van der Waals surface area contributed by atoms with E-state index in [1.807, 2.05) is 26.1 Å². The zero-order chi connectivity index (χ0) is 10.7. The van der Waals surface area contributed by atoms with Gasteiger partial charge in [-0.25, -0.2) is 4.98 Å². The zero-order valence-electron chi connectivity index (χ0n) is 8.81. The second-order valence-corrected chi connectivity index (χ2v) is 3.42. The highest BCUT2D eigenvalue weighted by atomic mass is 15.4. The smallest absolute Gasteiger partial charge is 0.126 e. The van der Waals surface area contributed by atoms with E-state index in [0.29, 0.717) is 6.54 Å². The molecule has 0 aromatic carbocycles. The molecule has 0 radical (unpaired) electrons. The Labute approximate surface area is 88.1 Å². The molecule has 2 aromatic rings. The third-order valence-corrected chi connectivity index (χ3v) is 2.17. The quantitative estimate of drug-likeness (QED) is 0.812. The van der Waals surface area contributed by atoms with Crippen LogP contribution < -0.4 is 5.32 Å². The van der Waals surface area contributed by atoms with Gasteiger partial charge in [0.1, 0.15) is 5.82 Å². The van der Waals surface area contributed by atoms with Gasteiger partial charge < -0.3 is 5.32 Å². The molecule has 0 aliphatic heterocycles. The summed E-state index contributed by atoms with van der Waals surface area (Å²) in [6, 6.07) is 3.97. The van der Waals surface area contributed by atoms with Gasteiger partial charge in [0.05, 0.1) is 18.4 Å². The van der Waals surface area contributed by atoms with Crippen LogP contribution in [-0.2, 0) is 13.6 Å². The second-order valence-electron chi connectivity index (χ2n) is 3.42. The lowest BCUT2D eigenvalue weighted by Crippen LogP contribution is -2.06. The Bertz CT molecular complexity index is 449. The van der Waals surface area contributed by atoms with E-state index in [4.69, 9.17) is 0 Å². The van der Waals surface area contributed by atoms with Crippen LogP contribution in [0.5, 0.6) is 0 Å². The Morgan fingerprint density at radius 3 is 3.00 bits per heavy atom. The molecule has 0 bridgehead atoms. The van der Waals surface area contributed by atoms with Crippen molar-refractivity contribution >= 4 is 5.82 Å². The molecule has 0 unspecified atom stereocenters. The van der Waals surface area contributed by atoms with Crippen molar-refractivity contribution in [1.82, 2.24) is 20.0 Å². The van der Waals surface area contributed by atoms with Gasteiger partial charge in [0.25, 0.3) is 0 Å². The molecule has 0 aliphatic carbocycles. The van der Waals surface area contributed by atoms with Crippen molar-refractivity contribution in [3.8, 4) is 0 Å². The first-order chi connectivity index (χ1) is 7.25. The summed E-state index contributed by atoms with van der Waals surface area (Å²) in [6.07, 6.45) is 3.53. The zero-order valence-corrected chi connectivity index (χ0v) is 8.81. The van der Waals surface area contributed by atoms with Crippen LogP contribution >= 0.6 is 0 Å². The van der Waals surface area contributed by atoms with Gasteiger partial charge in [0.2, 0.25) is 0 Å². The highest BCUT2D eigenvalue weighted by Gasteiger charge is 1.99. The SMILES string of the molecule is Cc1ccnc(NCc2cnnn2C)c1. The van der Waals surface area contributed by atoms with Crippen molar-refractivity contribution in [2.45, 2.75) is 13.5 Å². The van der Waals surface area contributed by atoms with Gasteiger partial charge >= 0.3 is 0 Å². The average Bonchev–Trinajstić information content (AvgIpc) is 2.61. The summed E-state index contributed by atoms with van der Waals surface area (Å²) in [6.45, 7) is 2.72. The molecule has 0 fully saturated rings. The third-order valence-electron chi connectivity index (χ3n) is 2.17. The molecule has 2 aromatic heterocycles. The van der Waals surface area contributed by atoms with Gasteiger partial charge in [-0.05, 0) is 24.6 Å². The Hall–Kier alpha value is -1.91. The number of aryl methyl sites for hydroxylation is 2. The minimum Gasteiger partial charge on any atom is -0.364 e. The molecule has 1 N–H and O–H groups in total. The number of nitrogens with zero attached hydrogens (tertiary/aromatic N) is 4. The van der Waals surface area contributed by atoms with E-state index >= 15 is 0 Å². The van der Waals surface area contributed by atoms with E-state index < -0.39 is 0 Å². The van der Waals surface area contributed by atoms with Gasteiger partial charge in [0, 0.05) is 13.2 Å². The highest BCUT2D eigenvalue weighted by Crippen LogP contribution is 2.06. The molecule has 5 heteroatoms. The summed E-state index contributed by atoms with van der Waals surface area (Å²) in [5.41, 5.74) is 2.22. The number of anilines is 1. The number of hydrogen-bond acceptors (Lipinski definition) is 4. The third kappa shape index (κ3) is 2.31. The van der Waals surface area contributed by atoms with E-state index in [1.54, 1.807) is 17.1 Å². The van der Waals surface area contributed by atoms with Gasteiger partial charge in [-0.3, -0.25) is 4.68 Å². The normalized spacial score (nSPS) is 10.3. The average molecular weight is 203 g/mol. The predicted octanol–water partition coefficient (Wildman–Crippen LogP) is 1.13. The molecule has 0 saturated heterocycles. The molecule has 2 heterocycles. The molecular formula is C10H13N5. The van der Waals surface area contributed by atoms with Crippen molar-refractivity contribution in [3.05, 3.63) is 35.8 Å². The molecule has 0 atom stereocenters. The van der Waals surface area contributed by atoms with E-state index in [-0.39, 0.29) is 0 Å². The number of nitrogens with one attached hydrogen (secondary N) is 1. The molecule has 0 saturated carbocycles. The van der Waals surface area contributed by atoms with Crippen LogP contribution in [0.4, 0.5) is 5.82 Å². The van der Waals surface area contributed by atoms with Crippen molar-refractivity contribution in [2.24, 2.45) is 7.05 Å². The van der Waals surface area contributed by atoms with Crippen molar-refractivity contribution in [1.29, 1.82) is 0 Å². The monoisotopic (exact) mass is 203 g/mol. The van der Waals surface area contributed by atoms with Crippen LogP contribution in [0.15, 0.2) is 24.5 Å². The lowest BCUT2D eigenvalue weighted by Gasteiger charge is -2.05. The maximum absolute atomic E-state index is 4.21. The molecule has 5 nitrogen and oxygen atoms in total. The van der Waals surface area contributed by atoms with Gasteiger partial charge in [0.15, 0.2) is 0 Å². The van der Waals surface area contributed by atoms with E-state index in [0.717, 1.165) is 11.5 Å². The minimum atomic E-state index is 0.681. The first-order valence-electron chi connectivity index (χ1n) is 4.76. The van der Waals surface area contributed by atoms with E-state index in [9.17, 15) is 0 Å². The Kier molecular flexibility index (Phi) is 2.62. The summed E-state index contributed by atoms with van der Waals surface area (Å²) in [5.74, 6) is 0.871. The maximum Gasteiger partial charge on any atom is 0.126 e. The van der Waals surface area contributed by atoms with Crippen LogP contribution in [0, 0.1) is 6.92 Å². The molecule has 0 amide bonds. The molecule has 0 aliphatic rings. The summed E-state index contributed by atoms with van der Waals surface area (Å²) in [4.78, 5) is 4.21. The lowest BCUT2D eigenvalue weighted by molar-refractivity contribution is 0.683. The first kappa shape index (κ1) is 9.64. The number of aromatic nitrogens is 4. The van der Waals surface area contributed by atoms with Crippen molar-refractivity contribution in [2.75, 3.05) is 5.32 Å². The van der Waals surface area contributed by atoms with Crippen molar-refractivity contribution < 1.29 is 0 Å². The summed E-state index contributed by atoms with van der Waals surface area (Å²) in [5, 5.41) is 10.9. The fourth-order valence-electron chi connectivity index (χ4n) is 1.28. The van der Waals surface area contributed by atoms with Gasteiger partial charge in [-0.15, -0.1) is 5.10 Å². The Morgan fingerprint density at radius 2 is 2.33 bits per heavy atom. The lowest BCUT2D eigenvalue weighted by atomic mass is 10.3. The predicted molar refractivity (Wildman–Crippen MR) is 57.3 cm³/mol. The molecule has 2 rings (SSSR count). The topological polar surface area (TPSA) is 55.6 Å². The van der Waals surface area contributed by atoms with Crippen LogP contribution in [0.25, 0.3) is 0 Å². The fraction of sp³-hybridized carbons (Fsp3) is 0.300. The van der Waals surface area contributed by atoms with Gasteiger partial charge in [-0.2, -0.15) is 0 Å². The summed E-state index contributed by atoms with van der Waals surface area (Å²) >= 11 is 0. The Balaban J connectivity index is 2.02. The second kappa shape index (κ2) is 4.08. The van der Waals surface area contributed by atoms with E-state index in [2.05, 4.69) is 20.6 Å². The maximum atomic E-state index is 4.21. The van der Waals surface area contributed by atoms with E-state index in [1.165, 1.54) is 5.56 Å². The minimum absolute atomic E-state index is 0.681. The summed E-state index contributed by atoms with van der Waals surface area (Å²) in [7, 11) is 1.87. The highest BCUT2D eigenvalue weighted by molar-refractivity contribution is 5.37. The van der Waals surface area contributed by atoms with Gasteiger partial charge in [-0.1, -0.05) is 5.21 Å². The molecular weight excluding hydrogens is 190 g/mol. The standard InChI is InChI=1S/C10H13N5/c1-8-3-4-11-10(5-8)12-6-9-7-13-14-15(9)2/h3-5,7H,6H2,1-2H3,(H,11,12). The largest absolute Gasteiger partial charge is 0.364 e. The molecule has 78 valence electrons.